The molecule has 15 heavy (non-hydrogen) atoms. The fourth-order valence-electron chi connectivity index (χ4n) is 1.65. The van der Waals surface area contributed by atoms with Crippen LogP contribution in [0.5, 0.6) is 0 Å². The lowest BCUT2D eigenvalue weighted by atomic mass is 10.1. The van der Waals surface area contributed by atoms with Crippen molar-refractivity contribution in [2.75, 3.05) is 17.5 Å². The molecule has 0 radical (unpaired) electrons. The van der Waals surface area contributed by atoms with E-state index in [1.807, 2.05) is 24.3 Å². The van der Waals surface area contributed by atoms with Crippen molar-refractivity contribution in [2.24, 2.45) is 5.73 Å². The summed E-state index contributed by atoms with van der Waals surface area (Å²) in [6.45, 7) is 1.20. The molecule has 0 aliphatic heterocycles. The van der Waals surface area contributed by atoms with Gasteiger partial charge in [0.05, 0.1) is 5.69 Å². The Kier molecular flexibility index (Phi) is 3.09. The maximum absolute atomic E-state index is 6.14. The second kappa shape index (κ2) is 4.51. The molecule has 2 nitrogen and oxygen atoms in total. The van der Waals surface area contributed by atoms with Crippen LogP contribution in [0.25, 0.3) is 10.8 Å². The van der Waals surface area contributed by atoms with Gasteiger partial charge in [0, 0.05) is 30.3 Å². The quantitative estimate of drug-likeness (QED) is 0.806. The summed E-state index contributed by atoms with van der Waals surface area (Å²) in [7, 11) is 0. The average Bonchev–Trinajstić information content (AvgIpc) is 2.28. The Bertz CT molecular complexity index is 451. The van der Waals surface area contributed by atoms with Crippen LogP contribution in [0.4, 0.5) is 5.69 Å². The number of hydrogen-bond acceptors (Lipinski definition) is 2. The molecule has 0 saturated carbocycles. The van der Waals surface area contributed by atoms with Gasteiger partial charge in [-0.05, 0) is 11.5 Å². The molecule has 0 unspecified atom stereocenters. The first-order valence-electron chi connectivity index (χ1n) is 4.94. The summed E-state index contributed by atoms with van der Waals surface area (Å²) in [6, 6.07) is 14.3. The molecule has 2 rings (SSSR count). The normalized spacial score (nSPS) is 10.5. The number of benzene rings is 2. The molecule has 0 aliphatic carbocycles. The van der Waals surface area contributed by atoms with Gasteiger partial charge in [-0.15, -0.1) is 0 Å². The molecule has 0 aromatic heterocycles. The first kappa shape index (κ1) is 10.3. The Morgan fingerprint density at radius 1 is 1.07 bits per heavy atom. The SMILES string of the molecule is NCCN(Cl)c1cccc2ccccc12. The van der Waals surface area contributed by atoms with Crippen LogP contribution >= 0.6 is 11.8 Å². The highest BCUT2D eigenvalue weighted by molar-refractivity contribution is 6.27. The van der Waals surface area contributed by atoms with E-state index >= 15 is 0 Å². The van der Waals surface area contributed by atoms with Crippen molar-refractivity contribution < 1.29 is 0 Å². The van der Waals surface area contributed by atoms with Gasteiger partial charge in [0.25, 0.3) is 0 Å². The summed E-state index contributed by atoms with van der Waals surface area (Å²) in [6.07, 6.45) is 0. The van der Waals surface area contributed by atoms with Crippen LogP contribution in [0.2, 0.25) is 0 Å². The lowest BCUT2D eigenvalue weighted by molar-refractivity contribution is 0.968. The van der Waals surface area contributed by atoms with Crippen molar-refractivity contribution in [1.82, 2.24) is 0 Å². The summed E-state index contributed by atoms with van der Waals surface area (Å²) >= 11 is 6.14. The van der Waals surface area contributed by atoms with Gasteiger partial charge in [-0.1, -0.05) is 36.4 Å². The predicted octanol–water partition coefficient (Wildman–Crippen LogP) is 2.76. The maximum atomic E-state index is 6.14. The summed E-state index contributed by atoms with van der Waals surface area (Å²) < 4.78 is 1.67. The lowest BCUT2D eigenvalue weighted by Crippen LogP contribution is -2.20. The minimum atomic E-state index is 0.548. The number of halogens is 1. The zero-order chi connectivity index (χ0) is 10.7. The maximum Gasteiger partial charge on any atom is 0.0602 e. The average molecular weight is 221 g/mol. The van der Waals surface area contributed by atoms with E-state index in [0.717, 1.165) is 11.1 Å². The molecule has 0 aliphatic rings. The fraction of sp³-hybridized carbons (Fsp3) is 0.167. The van der Waals surface area contributed by atoms with Gasteiger partial charge in [-0.3, -0.25) is 4.42 Å². The van der Waals surface area contributed by atoms with E-state index < -0.39 is 0 Å². The van der Waals surface area contributed by atoms with E-state index in [2.05, 4.69) is 18.2 Å². The van der Waals surface area contributed by atoms with Crippen molar-refractivity contribution in [2.45, 2.75) is 0 Å². The van der Waals surface area contributed by atoms with Crippen LogP contribution in [0, 0.1) is 0 Å². The Morgan fingerprint density at radius 2 is 1.80 bits per heavy atom. The van der Waals surface area contributed by atoms with E-state index in [1.54, 1.807) is 4.42 Å². The van der Waals surface area contributed by atoms with Crippen molar-refractivity contribution in [1.29, 1.82) is 0 Å². The lowest BCUT2D eigenvalue weighted by Gasteiger charge is -2.16. The molecule has 0 spiro atoms. The number of nitrogens with zero attached hydrogens (tertiary/aromatic N) is 1. The van der Waals surface area contributed by atoms with Crippen LogP contribution in [-0.4, -0.2) is 13.1 Å². The summed E-state index contributed by atoms with van der Waals surface area (Å²) in [4.78, 5) is 0. The highest BCUT2D eigenvalue weighted by Crippen LogP contribution is 2.27. The largest absolute Gasteiger partial charge is 0.329 e. The molecule has 0 saturated heterocycles. The van der Waals surface area contributed by atoms with Crippen LogP contribution < -0.4 is 10.2 Å². The molecule has 0 bridgehead atoms. The third-order valence-electron chi connectivity index (χ3n) is 2.35. The minimum absolute atomic E-state index is 0.548. The summed E-state index contributed by atoms with van der Waals surface area (Å²) in [5, 5.41) is 2.35. The first-order valence-corrected chi connectivity index (χ1v) is 5.28. The highest BCUT2D eigenvalue weighted by Gasteiger charge is 2.05. The monoisotopic (exact) mass is 220 g/mol. The fourth-order valence-corrected chi connectivity index (χ4v) is 1.90. The van der Waals surface area contributed by atoms with Gasteiger partial charge >= 0.3 is 0 Å². The Labute approximate surface area is 94.4 Å². The topological polar surface area (TPSA) is 29.3 Å². The highest BCUT2D eigenvalue weighted by atomic mass is 35.5. The van der Waals surface area contributed by atoms with E-state index in [4.69, 9.17) is 17.5 Å². The number of rotatable bonds is 3. The Balaban J connectivity index is 2.50. The molecule has 2 N–H and O–H groups in total. The van der Waals surface area contributed by atoms with Gasteiger partial charge < -0.3 is 5.73 Å². The molecule has 2 aromatic carbocycles. The van der Waals surface area contributed by atoms with Gasteiger partial charge in [0.2, 0.25) is 0 Å². The molecule has 2 aromatic rings. The van der Waals surface area contributed by atoms with Gasteiger partial charge in [0.1, 0.15) is 0 Å². The van der Waals surface area contributed by atoms with Crippen molar-refractivity contribution in [3.05, 3.63) is 42.5 Å². The standard InChI is InChI=1S/C12H13ClN2/c13-15(9-8-14)12-7-3-5-10-4-1-2-6-11(10)12/h1-7H,8-9,14H2. The zero-order valence-electron chi connectivity index (χ0n) is 8.36. The second-order valence-corrected chi connectivity index (χ2v) is 3.78. The molecule has 0 atom stereocenters. The minimum Gasteiger partial charge on any atom is -0.329 e. The number of fused-ring (bicyclic) bond motifs is 1. The summed E-state index contributed by atoms with van der Waals surface area (Å²) in [5.74, 6) is 0. The van der Waals surface area contributed by atoms with Crippen molar-refractivity contribution in [3.63, 3.8) is 0 Å². The smallest absolute Gasteiger partial charge is 0.0602 e. The van der Waals surface area contributed by atoms with Crippen molar-refractivity contribution >= 4 is 28.2 Å². The first-order chi connectivity index (χ1) is 7.33. The van der Waals surface area contributed by atoms with E-state index in [-0.39, 0.29) is 0 Å². The van der Waals surface area contributed by atoms with Gasteiger partial charge in [-0.2, -0.15) is 0 Å². The Hall–Kier alpha value is -1.25. The van der Waals surface area contributed by atoms with Crippen LogP contribution in [0.3, 0.4) is 0 Å². The number of anilines is 1. The van der Waals surface area contributed by atoms with Gasteiger partial charge in [-0.25, -0.2) is 0 Å². The van der Waals surface area contributed by atoms with E-state index in [0.29, 0.717) is 13.1 Å². The number of hydrogen-bond donors (Lipinski definition) is 1. The molecular weight excluding hydrogens is 208 g/mol. The van der Waals surface area contributed by atoms with Crippen LogP contribution in [0.1, 0.15) is 0 Å². The Morgan fingerprint density at radius 3 is 2.60 bits per heavy atom. The molecule has 0 heterocycles. The molecular formula is C12H13ClN2. The predicted molar refractivity (Wildman–Crippen MR) is 66.2 cm³/mol. The third-order valence-corrected chi connectivity index (χ3v) is 2.70. The molecule has 0 fully saturated rings. The molecule has 0 amide bonds. The van der Waals surface area contributed by atoms with Gasteiger partial charge in [0.15, 0.2) is 0 Å². The van der Waals surface area contributed by atoms with E-state index in [1.165, 1.54) is 5.39 Å². The third kappa shape index (κ3) is 2.06. The zero-order valence-corrected chi connectivity index (χ0v) is 9.11. The van der Waals surface area contributed by atoms with Crippen molar-refractivity contribution in [3.8, 4) is 0 Å². The molecule has 78 valence electrons. The van der Waals surface area contributed by atoms with E-state index in [9.17, 15) is 0 Å². The second-order valence-electron chi connectivity index (χ2n) is 3.37. The molecule has 3 heteroatoms. The summed E-state index contributed by atoms with van der Waals surface area (Å²) in [5.41, 5.74) is 6.50. The number of nitrogens with two attached hydrogens (primary N) is 1. The van der Waals surface area contributed by atoms with Crippen LogP contribution in [0.15, 0.2) is 42.5 Å². The van der Waals surface area contributed by atoms with Crippen LogP contribution in [-0.2, 0) is 0 Å².